The third kappa shape index (κ3) is 6.74. The Morgan fingerprint density at radius 1 is 1.36 bits per heavy atom. The van der Waals surface area contributed by atoms with E-state index in [-0.39, 0.29) is 18.4 Å². The fraction of sp³-hybridized carbons (Fsp3) is 0.348. The molecule has 1 aromatic carbocycles. The van der Waals surface area contributed by atoms with Gasteiger partial charge in [-0.2, -0.15) is 11.8 Å². The van der Waals surface area contributed by atoms with E-state index in [0.29, 0.717) is 41.0 Å². The third-order valence-corrected chi connectivity index (χ3v) is 6.42. The molecule has 1 saturated heterocycles. The number of carbonyl (C=O) groups is 3. The Bertz CT molecular complexity index is 1060. The second-order valence-electron chi connectivity index (χ2n) is 7.22. The molecule has 0 radical (unpaired) electrons. The van der Waals surface area contributed by atoms with Gasteiger partial charge in [0.15, 0.2) is 5.06 Å². The molecular weight excluding hydrogens is 462 g/mol. The van der Waals surface area contributed by atoms with Crippen LogP contribution in [0.3, 0.4) is 0 Å². The zero-order valence-electron chi connectivity index (χ0n) is 18.4. The number of anilines is 2. The minimum absolute atomic E-state index is 0.0618. The molecule has 2 aromatic rings. The summed E-state index contributed by atoms with van der Waals surface area (Å²) < 4.78 is 10.4. The topological polar surface area (TPSA) is 97.0 Å². The van der Waals surface area contributed by atoms with Gasteiger partial charge in [-0.05, 0) is 61.2 Å². The number of thioether (sulfide) groups is 1. The molecule has 0 saturated carbocycles. The molecule has 0 spiro atoms. The number of carbonyl (C=O) groups excluding carboxylic acids is 3. The molecular formula is C23H25N3O5S2. The van der Waals surface area contributed by atoms with Crippen molar-refractivity contribution in [2.24, 2.45) is 0 Å². The van der Waals surface area contributed by atoms with E-state index in [2.05, 4.69) is 16.6 Å². The first-order valence-electron chi connectivity index (χ1n) is 10.2. The van der Waals surface area contributed by atoms with Crippen molar-refractivity contribution in [2.75, 3.05) is 42.0 Å². The smallest absolute Gasteiger partial charge is 0.399 e. The molecule has 8 nitrogen and oxygen atoms in total. The Morgan fingerprint density at radius 3 is 2.85 bits per heavy atom. The number of benzene rings is 1. The molecule has 2 N–H and O–H groups in total. The van der Waals surface area contributed by atoms with Gasteiger partial charge in [-0.25, -0.2) is 4.79 Å². The van der Waals surface area contributed by atoms with Crippen LogP contribution in [0.2, 0.25) is 0 Å². The predicted octanol–water partition coefficient (Wildman–Crippen LogP) is 3.25. The van der Waals surface area contributed by atoms with E-state index >= 15 is 0 Å². The van der Waals surface area contributed by atoms with Crippen LogP contribution in [0.5, 0.6) is 5.06 Å². The van der Waals surface area contributed by atoms with Crippen molar-refractivity contribution in [1.29, 1.82) is 0 Å². The maximum absolute atomic E-state index is 12.9. The summed E-state index contributed by atoms with van der Waals surface area (Å²) in [5.74, 6) is 2.70. The summed E-state index contributed by atoms with van der Waals surface area (Å²) in [6.07, 6.45) is 6.97. The lowest BCUT2D eigenvalue weighted by atomic mass is 10.1. The van der Waals surface area contributed by atoms with Gasteiger partial charge in [0.2, 0.25) is 5.91 Å². The van der Waals surface area contributed by atoms with E-state index in [1.165, 1.54) is 11.3 Å². The van der Waals surface area contributed by atoms with Crippen LogP contribution in [-0.4, -0.2) is 55.7 Å². The molecule has 1 fully saturated rings. The van der Waals surface area contributed by atoms with Gasteiger partial charge in [-0.1, -0.05) is 17.3 Å². The molecule has 10 heteroatoms. The second kappa shape index (κ2) is 11.7. The highest BCUT2D eigenvalue weighted by molar-refractivity contribution is 7.98. The lowest BCUT2D eigenvalue weighted by Crippen LogP contribution is -2.45. The Morgan fingerprint density at radius 2 is 2.18 bits per heavy atom. The number of ether oxygens (including phenoxy) is 2. The summed E-state index contributed by atoms with van der Waals surface area (Å²) in [7, 11) is 0. The number of hydrogen-bond donors (Lipinski definition) is 2. The van der Waals surface area contributed by atoms with Crippen molar-refractivity contribution in [2.45, 2.75) is 19.4 Å². The van der Waals surface area contributed by atoms with Crippen LogP contribution in [0.4, 0.5) is 16.2 Å². The summed E-state index contributed by atoms with van der Waals surface area (Å²) in [4.78, 5) is 39.7. The molecule has 1 unspecified atom stereocenters. The largest absolute Gasteiger partial charge is 0.414 e. The molecule has 1 aliphatic heterocycles. The summed E-state index contributed by atoms with van der Waals surface area (Å²) in [6.45, 7) is 2.91. The zero-order valence-corrected chi connectivity index (χ0v) is 20.0. The highest BCUT2D eigenvalue weighted by atomic mass is 32.2. The molecule has 0 aliphatic carbocycles. The van der Waals surface area contributed by atoms with E-state index in [0.717, 1.165) is 11.3 Å². The molecule has 174 valence electrons. The van der Waals surface area contributed by atoms with Gasteiger partial charge in [0, 0.05) is 17.9 Å². The lowest BCUT2D eigenvalue weighted by Gasteiger charge is -2.28. The van der Waals surface area contributed by atoms with Crippen LogP contribution >= 0.6 is 23.1 Å². The number of hydrogen-bond acceptors (Lipinski definition) is 7. The highest BCUT2D eigenvalue weighted by Gasteiger charge is 2.24. The van der Waals surface area contributed by atoms with Crippen molar-refractivity contribution in [3.8, 4) is 17.4 Å². The average molecular weight is 488 g/mol. The van der Waals surface area contributed by atoms with E-state index < -0.39 is 12.1 Å². The van der Waals surface area contributed by atoms with E-state index in [1.807, 2.05) is 13.2 Å². The van der Waals surface area contributed by atoms with Gasteiger partial charge in [0.25, 0.3) is 5.91 Å². The quantitative estimate of drug-likeness (QED) is 0.555. The number of nitrogens with one attached hydrogen (secondary N) is 2. The number of amides is 3. The first-order valence-corrected chi connectivity index (χ1v) is 12.5. The summed E-state index contributed by atoms with van der Waals surface area (Å²) in [5.41, 5.74) is 2.20. The minimum Gasteiger partial charge on any atom is -0.399 e. The number of rotatable bonds is 8. The third-order valence-electron chi connectivity index (χ3n) is 4.88. The summed E-state index contributed by atoms with van der Waals surface area (Å²) in [6, 6.07) is 7.85. The predicted molar refractivity (Wildman–Crippen MR) is 131 cm³/mol. The molecule has 33 heavy (non-hydrogen) atoms. The first-order chi connectivity index (χ1) is 15.9. The highest BCUT2D eigenvalue weighted by Crippen LogP contribution is 2.26. The normalized spacial score (nSPS) is 14.3. The standard InChI is InChI=1S/C23H25N3O5S2/c1-4-17-6-8-21(33-17)31-23(29)25-18(9-12-32-3)22(28)24-16-5-7-19(15(2)13-16)26-10-11-30-14-20(26)27/h1,5-8,13,18H,9-12,14H2,2-3H3,(H,24,28)(H,25,29). The van der Waals surface area contributed by atoms with Crippen molar-refractivity contribution < 1.29 is 23.9 Å². The molecule has 1 aliphatic rings. The maximum Gasteiger partial charge on any atom is 0.414 e. The van der Waals surface area contributed by atoms with Crippen LogP contribution in [0.1, 0.15) is 16.9 Å². The SMILES string of the molecule is C#Cc1ccc(OC(=O)NC(CCSC)C(=O)Nc2ccc(N3CCOCC3=O)c(C)c2)s1. The number of aryl methyl sites for hydroxylation is 1. The molecule has 0 bridgehead atoms. The van der Waals surface area contributed by atoms with Crippen molar-refractivity contribution in [3.63, 3.8) is 0 Å². The molecule has 3 amide bonds. The van der Waals surface area contributed by atoms with Gasteiger partial charge in [-0.3, -0.25) is 9.59 Å². The minimum atomic E-state index is -0.780. The Kier molecular flexibility index (Phi) is 8.77. The van der Waals surface area contributed by atoms with Crippen LogP contribution in [0.25, 0.3) is 0 Å². The van der Waals surface area contributed by atoms with Crippen molar-refractivity contribution in [3.05, 3.63) is 40.8 Å². The van der Waals surface area contributed by atoms with Crippen molar-refractivity contribution in [1.82, 2.24) is 5.32 Å². The number of morpholine rings is 1. The Hall–Kier alpha value is -3.00. The van der Waals surface area contributed by atoms with Crippen molar-refractivity contribution >= 4 is 52.4 Å². The second-order valence-corrected chi connectivity index (χ2v) is 9.25. The Labute approximate surface area is 201 Å². The van der Waals surface area contributed by atoms with E-state index in [4.69, 9.17) is 15.9 Å². The first kappa shape index (κ1) is 24.6. The van der Waals surface area contributed by atoms with Crippen LogP contribution < -0.4 is 20.3 Å². The van der Waals surface area contributed by atoms with Gasteiger partial charge in [-0.15, -0.1) is 6.42 Å². The van der Waals surface area contributed by atoms with Crippen LogP contribution in [0.15, 0.2) is 30.3 Å². The fourth-order valence-electron chi connectivity index (χ4n) is 3.26. The molecule has 1 atom stereocenters. The van der Waals surface area contributed by atoms with Crippen LogP contribution in [0, 0.1) is 19.3 Å². The molecule has 1 aromatic heterocycles. The Balaban J connectivity index is 1.65. The van der Waals surface area contributed by atoms with Gasteiger partial charge in [0.05, 0.1) is 11.5 Å². The molecule has 3 rings (SSSR count). The zero-order chi connectivity index (χ0) is 23.8. The van der Waals surface area contributed by atoms with E-state index in [1.54, 1.807) is 47.0 Å². The summed E-state index contributed by atoms with van der Waals surface area (Å²) >= 11 is 2.74. The molecule has 2 heterocycles. The number of nitrogens with zero attached hydrogens (tertiary/aromatic N) is 1. The monoisotopic (exact) mass is 487 g/mol. The fourth-order valence-corrected chi connectivity index (χ4v) is 4.39. The number of terminal acetylenes is 1. The van der Waals surface area contributed by atoms with E-state index in [9.17, 15) is 14.4 Å². The van der Waals surface area contributed by atoms with Gasteiger partial charge < -0.3 is 25.0 Å². The summed E-state index contributed by atoms with van der Waals surface area (Å²) in [5, 5.41) is 5.83. The van der Waals surface area contributed by atoms with Gasteiger partial charge >= 0.3 is 6.09 Å². The average Bonchev–Trinajstić information content (AvgIpc) is 3.24. The maximum atomic E-state index is 12.9. The van der Waals surface area contributed by atoms with Crippen LogP contribution in [-0.2, 0) is 14.3 Å². The number of thiophene rings is 1. The van der Waals surface area contributed by atoms with Gasteiger partial charge in [0.1, 0.15) is 12.6 Å². The lowest BCUT2D eigenvalue weighted by molar-refractivity contribution is -0.125.